The maximum absolute atomic E-state index is 12.0. The number of thiazole rings is 1. The molecule has 1 aromatic heterocycles. The van der Waals surface area contributed by atoms with Crippen LogP contribution in [0.5, 0.6) is 0 Å². The Kier molecular flexibility index (Phi) is 12.2. The van der Waals surface area contributed by atoms with Gasteiger partial charge in [-0.1, -0.05) is 13.8 Å². The van der Waals surface area contributed by atoms with Gasteiger partial charge in [-0.15, -0.1) is 35.3 Å². The first-order chi connectivity index (χ1) is 13.8. The molecule has 1 aliphatic heterocycles. The summed E-state index contributed by atoms with van der Waals surface area (Å²) in [6, 6.07) is -0.0446. The molecule has 1 saturated heterocycles. The minimum Gasteiger partial charge on any atom is -0.462 e. The number of carbonyl (C=O) groups is 1. The molecule has 2 rings (SSSR count). The number of hydrogen-bond donors (Lipinski definition) is 2. The molecular formula is C21H38IN5O2S. The predicted octanol–water partition coefficient (Wildman–Crippen LogP) is 3.84. The maximum Gasteiger partial charge on any atom is 0.350 e. The van der Waals surface area contributed by atoms with Crippen LogP contribution in [-0.2, 0) is 4.74 Å². The van der Waals surface area contributed by atoms with Crippen molar-refractivity contribution in [1.82, 2.24) is 20.5 Å². The zero-order chi connectivity index (χ0) is 21.4. The highest BCUT2D eigenvalue weighted by Gasteiger charge is 2.22. The third kappa shape index (κ3) is 8.30. The van der Waals surface area contributed by atoms with Crippen LogP contribution in [0.15, 0.2) is 4.99 Å². The van der Waals surface area contributed by atoms with Gasteiger partial charge in [-0.2, -0.15) is 0 Å². The highest BCUT2D eigenvalue weighted by Crippen LogP contribution is 2.24. The lowest BCUT2D eigenvalue weighted by Crippen LogP contribution is -2.42. The van der Waals surface area contributed by atoms with Gasteiger partial charge in [0, 0.05) is 26.7 Å². The van der Waals surface area contributed by atoms with E-state index in [1.807, 2.05) is 20.8 Å². The number of aromatic nitrogens is 1. The number of halogens is 1. The molecule has 0 bridgehead atoms. The van der Waals surface area contributed by atoms with Gasteiger partial charge in [0.25, 0.3) is 0 Å². The van der Waals surface area contributed by atoms with Gasteiger partial charge < -0.3 is 20.3 Å². The number of piperidine rings is 1. The zero-order valence-corrected chi connectivity index (χ0v) is 22.3. The minimum atomic E-state index is -0.301. The number of nitrogens with zero attached hydrogens (tertiary/aromatic N) is 3. The number of carbonyl (C=O) groups excluding carboxylic acids is 1. The summed E-state index contributed by atoms with van der Waals surface area (Å²) in [5.74, 6) is 2.04. The van der Waals surface area contributed by atoms with Crippen LogP contribution in [-0.4, -0.2) is 61.6 Å². The zero-order valence-electron chi connectivity index (χ0n) is 19.2. The summed E-state index contributed by atoms with van der Waals surface area (Å²) in [5, 5.41) is 7.61. The molecule has 0 amide bonds. The Morgan fingerprint density at radius 1 is 1.37 bits per heavy atom. The lowest BCUT2D eigenvalue weighted by atomic mass is 9.92. The molecule has 1 fully saturated rings. The fourth-order valence-electron chi connectivity index (χ4n) is 3.93. The van der Waals surface area contributed by atoms with Crippen molar-refractivity contribution in [2.24, 2.45) is 16.8 Å². The Morgan fingerprint density at radius 2 is 2.03 bits per heavy atom. The quantitative estimate of drug-likeness (QED) is 0.168. The normalized spacial score (nSPS) is 20.9. The first-order valence-electron chi connectivity index (χ1n) is 10.7. The second kappa shape index (κ2) is 13.5. The van der Waals surface area contributed by atoms with Crippen LogP contribution in [0.4, 0.5) is 0 Å². The van der Waals surface area contributed by atoms with Crippen LogP contribution in [0, 0.1) is 18.8 Å². The molecule has 0 spiro atoms. The molecule has 9 heteroatoms. The van der Waals surface area contributed by atoms with E-state index in [0.29, 0.717) is 17.2 Å². The van der Waals surface area contributed by atoms with Crippen molar-refractivity contribution in [3.8, 4) is 0 Å². The summed E-state index contributed by atoms with van der Waals surface area (Å²) in [6.45, 7) is 15.1. The molecule has 0 radical (unpaired) electrons. The fourth-order valence-corrected chi connectivity index (χ4v) is 4.90. The van der Waals surface area contributed by atoms with Gasteiger partial charge in [0.1, 0.15) is 9.88 Å². The van der Waals surface area contributed by atoms with Crippen LogP contribution < -0.4 is 10.6 Å². The van der Waals surface area contributed by atoms with Gasteiger partial charge in [0.15, 0.2) is 5.96 Å². The van der Waals surface area contributed by atoms with Gasteiger partial charge >= 0.3 is 5.97 Å². The summed E-state index contributed by atoms with van der Waals surface area (Å²) in [7, 11) is 1.77. The molecule has 0 aliphatic carbocycles. The van der Waals surface area contributed by atoms with E-state index in [0.717, 1.165) is 42.3 Å². The Hall–Kier alpha value is -0.940. The van der Waals surface area contributed by atoms with Gasteiger partial charge in [-0.05, 0) is 52.0 Å². The first kappa shape index (κ1) is 27.1. The highest BCUT2D eigenvalue weighted by molar-refractivity contribution is 14.0. The van der Waals surface area contributed by atoms with E-state index >= 15 is 0 Å². The van der Waals surface area contributed by atoms with Crippen LogP contribution in [0.3, 0.4) is 0 Å². The molecule has 1 aliphatic rings. The molecule has 172 valence electrons. The number of esters is 1. The van der Waals surface area contributed by atoms with E-state index in [4.69, 9.17) is 4.74 Å². The molecule has 3 unspecified atom stereocenters. The van der Waals surface area contributed by atoms with Crippen LogP contribution in [0.1, 0.15) is 67.0 Å². The van der Waals surface area contributed by atoms with E-state index < -0.39 is 0 Å². The molecule has 30 heavy (non-hydrogen) atoms. The van der Waals surface area contributed by atoms with Crippen molar-refractivity contribution in [3.05, 3.63) is 15.6 Å². The lowest BCUT2D eigenvalue weighted by molar-refractivity contribution is 0.0531. The highest BCUT2D eigenvalue weighted by atomic mass is 127. The average Bonchev–Trinajstić information content (AvgIpc) is 3.05. The van der Waals surface area contributed by atoms with Crippen molar-refractivity contribution in [3.63, 3.8) is 0 Å². The second-order valence-electron chi connectivity index (χ2n) is 8.11. The van der Waals surface area contributed by atoms with Gasteiger partial charge in [0.05, 0.1) is 18.3 Å². The molecule has 0 saturated carbocycles. The fraction of sp³-hybridized carbons (Fsp3) is 0.762. The van der Waals surface area contributed by atoms with Gasteiger partial charge in [-0.25, -0.2) is 9.78 Å². The van der Waals surface area contributed by atoms with Gasteiger partial charge in [0.2, 0.25) is 0 Å². The molecule has 7 nitrogen and oxygen atoms in total. The van der Waals surface area contributed by atoms with E-state index in [9.17, 15) is 4.79 Å². The van der Waals surface area contributed by atoms with Crippen molar-refractivity contribution >= 4 is 47.2 Å². The Morgan fingerprint density at radius 3 is 2.63 bits per heavy atom. The number of ether oxygens (including phenoxy) is 1. The van der Waals surface area contributed by atoms with Gasteiger partial charge in [-0.3, -0.25) is 4.99 Å². The molecule has 2 heterocycles. The molecule has 2 N–H and O–H groups in total. The van der Waals surface area contributed by atoms with Crippen molar-refractivity contribution in [2.45, 2.75) is 53.5 Å². The van der Waals surface area contributed by atoms with Crippen molar-refractivity contribution in [2.75, 3.05) is 39.8 Å². The lowest BCUT2D eigenvalue weighted by Gasteiger charge is -2.35. The maximum atomic E-state index is 12.0. The van der Waals surface area contributed by atoms with E-state index in [-0.39, 0.29) is 36.0 Å². The molecule has 3 atom stereocenters. The smallest absolute Gasteiger partial charge is 0.350 e. The molecule has 1 aromatic rings. The largest absolute Gasteiger partial charge is 0.462 e. The monoisotopic (exact) mass is 551 g/mol. The standard InChI is InChI=1S/C21H37N5O2S.HI/c1-7-28-20(27)18-16(4)24-19(29-18)17(5)25-21(22-6)23-9-8-10-26-12-14(2)11-15(3)13-26;/h14-15,17H,7-13H2,1-6H3,(H2,22,23,25);1H. The van der Waals surface area contributed by atoms with E-state index in [1.54, 1.807) is 7.05 Å². The molecule has 0 aromatic carbocycles. The first-order valence-corrected chi connectivity index (χ1v) is 11.5. The van der Waals surface area contributed by atoms with Crippen molar-refractivity contribution in [1.29, 1.82) is 0 Å². The second-order valence-corrected chi connectivity index (χ2v) is 9.14. The topological polar surface area (TPSA) is 78.8 Å². The number of hydrogen-bond acceptors (Lipinski definition) is 6. The van der Waals surface area contributed by atoms with Crippen LogP contribution in [0.25, 0.3) is 0 Å². The van der Waals surface area contributed by atoms with Crippen LogP contribution in [0.2, 0.25) is 0 Å². The number of rotatable bonds is 8. The summed E-state index contributed by atoms with van der Waals surface area (Å²) in [5.41, 5.74) is 0.713. The third-order valence-corrected chi connectivity index (χ3v) is 6.43. The number of nitrogens with one attached hydrogen (secondary N) is 2. The Bertz CT molecular complexity index is 687. The third-order valence-electron chi connectivity index (χ3n) is 5.11. The minimum absolute atomic E-state index is 0. The van der Waals surface area contributed by atoms with Crippen molar-refractivity contribution < 1.29 is 9.53 Å². The number of guanidine groups is 1. The predicted molar refractivity (Wildman–Crippen MR) is 135 cm³/mol. The average molecular weight is 552 g/mol. The SMILES string of the molecule is CCOC(=O)c1sc(C(C)NC(=NC)NCCCN2CC(C)CC(C)C2)nc1C.I. The summed E-state index contributed by atoms with van der Waals surface area (Å²) in [6.07, 6.45) is 2.43. The Labute approximate surface area is 202 Å². The summed E-state index contributed by atoms with van der Waals surface area (Å²) in [4.78, 5) is 24.0. The number of aliphatic imine (C=N–C) groups is 1. The summed E-state index contributed by atoms with van der Waals surface area (Å²) < 4.78 is 5.10. The number of aryl methyl sites for hydroxylation is 1. The Balaban J connectivity index is 0.00000450. The number of likely N-dealkylation sites (tertiary alicyclic amines) is 1. The van der Waals surface area contributed by atoms with E-state index in [1.165, 1.54) is 30.8 Å². The van der Waals surface area contributed by atoms with Crippen LogP contribution >= 0.6 is 35.3 Å². The molecular weight excluding hydrogens is 513 g/mol. The van der Waals surface area contributed by atoms with E-state index in [2.05, 4.69) is 39.4 Å². The summed E-state index contributed by atoms with van der Waals surface area (Å²) >= 11 is 1.38.